The predicted molar refractivity (Wildman–Crippen MR) is 92.8 cm³/mol. The van der Waals surface area contributed by atoms with E-state index in [9.17, 15) is 9.59 Å². The molecule has 0 saturated heterocycles. The van der Waals surface area contributed by atoms with Crippen molar-refractivity contribution in [2.75, 3.05) is 0 Å². The van der Waals surface area contributed by atoms with Crippen LogP contribution in [0.5, 0.6) is 0 Å². The number of benzene rings is 2. The minimum atomic E-state index is -0.674. The number of aromatic nitrogens is 2. The number of hydrogen-bond acceptors (Lipinski definition) is 4. The van der Waals surface area contributed by atoms with Gasteiger partial charge in [0.05, 0.1) is 10.9 Å². The van der Waals surface area contributed by atoms with Crippen molar-refractivity contribution >= 4 is 34.5 Å². The zero-order valence-corrected chi connectivity index (χ0v) is 13.5. The molecule has 0 atom stereocenters. The van der Waals surface area contributed by atoms with Crippen LogP contribution in [0.3, 0.4) is 0 Å². The van der Waals surface area contributed by atoms with E-state index in [4.69, 9.17) is 16.4 Å². The van der Waals surface area contributed by atoms with Crippen molar-refractivity contribution in [3.05, 3.63) is 81.4 Å². The lowest BCUT2D eigenvalue weighted by atomic mass is 10.2. The predicted octanol–water partition coefficient (Wildman–Crippen LogP) is 3.03. The summed E-state index contributed by atoms with van der Waals surface area (Å²) in [6.07, 6.45) is 2.82. The van der Waals surface area contributed by atoms with Crippen LogP contribution in [0.15, 0.2) is 59.4 Å². The van der Waals surface area contributed by atoms with Gasteiger partial charge in [-0.1, -0.05) is 35.9 Å². The summed E-state index contributed by atoms with van der Waals surface area (Å²) in [4.78, 5) is 33.8. The topological polar surface area (TPSA) is 61.2 Å². The van der Waals surface area contributed by atoms with Gasteiger partial charge in [-0.25, -0.2) is 9.78 Å². The lowest BCUT2D eigenvalue weighted by molar-refractivity contribution is -0.138. The van der Waals surface area contributed by atoms with Crippen LogP contribution in [0.1, 0.15) is 11.4 Å². The minimum Gasteiger partial charge on any atom is -0.327 e. The van der Waals surface area contributed by atoms with E-state index in [2.05, 4.69) is 4.98 Å². The maximum Gasteiger partial charge on any atom is 0.356 e. The van der Waals surface area contributed by atoms with Crippen LogP contribution in [-0.2, 0) is 4.79 Å². The van der Waals surface area contributed by atoms with E-state index in [1.165, 1.54) is 6.08 Å². The Balaban J connectivity index is 1.85. The molecule has 0 unspecified atom stereocenters. The monoisotopic (exact) mass is 340 g/mol. The molecule has 5 nitrogen and oxygen atoms in total. The Morgan fingerprint density at radius 2 is 1.88 bits per heavy atom. The lowest BCUT2D eigenvalue weighted by Crippen LogP contribution is -2.32. The fourth-order valence-corrected chi connectivity index (χ4v) is 2.32. The quantitative estimate of drug-likeness (QED) is 0.688. The number of fused-ring (bicyclic) bond motifs is 1. The van der Waals surface area contributed by atoms with Gasteiger partial charge >= 0.3 is 5.97 Å². The van der Waals surface area contributed by atoms with Gasteiger partial charge in [-0.3, -0.25) is 4.79 Å². The van der Waals surface area contributed by atoms with Crippen molar-refractivity contribution in [1.29, 1.82) is 0 Å². The molecule has 6 heteroatoms. The molecule has 0 N–H and O–H groups in total. The molecule has 0 spiro atoms. The highest BCUT2D eigenvalue weighted by Gasteiger charge is 2.10. The van der Waals surface area contributed by atoms with E-state index < -0.39 is 11.5 Å². The summed E-state index contributed by atoms with van der Waals surface area (Å²) < 4.78 is 0.900. The standard InChI is InChI=1S/C18H13ClN2O3/c1-12-20-16-5-3-2-4-15(16)18(23)21(12)24-17(22)11-8-13-6-9-14(19)10-7-13/h2-11H,1H3. The van der Waals surface area contributed by atoms with Crippen molar-refractivity contribution in [2.45, 2.75) is 6.92 Å². The first kappa shape index (κ1) is 16.0. The Kier molecular flexibility index (Phi) is 4.44. The van der Waals surface area contributed by atoms with Crippen LogP contribution in [0.2, 0.25) is 5.02 Å². The molecule has 120 valence electrons. The zero-order chi connectivity index (χ0) is 17.1. The highest BCUT2D eigenvalue weighted by Crippen LogP contribution is 2.10. The Hall–Kier alpha value is -2.92. The average Bonchev–Trinajstić information content (AvgIpc) is 2.58. The van der Waals surface area contributed by atoms with Gasteiger partial charge in [0.1, 0.15) is 5.82 Å². The first-order chi connectivity index (χ1) is 11.5. The lowest BCUT2D eigenvalue weighted by Gasteiger charge is -2.08. The molecule has 0 amide bonds. The van der Waals surface area contributed by atoms with Gasteiger partial charge in [-0.15, -0.1) is 4.73 Å². The van der Waals surface area contributed by atoms with Crippen LogP contribution in [0.25, 0.3) is 17.0 Å². The first-order valence-corrected chi connectivity index (χ1v) is 7.57. The molecule has 1 aromatic heterocycles. The molecule has 0 fully saturated rings. The molecule has 1 heterocycles. The molecule has 0 aliphatic heterocycles. The highest BCUT2D eigenvalue weighted by molar-refractivity contribution is 6.30. The molecular formula is C18H13ClN2O3. The molecule has 3 rings (SSSR count). The molecule has 0 aliphatic carbocycles. The summed E-state index contributed by atoms with van der Waals surface area (Å²) in [6.45, 7) is 1.60. The first-order valence-electron chi connectivity index (χ1n) is 7.19. The van der Waals surface area contributed by atoms with Crippen LogP contribution >= 0.6 is 11.6 Å². The Labute approximate surface area is 142 Å². The Bertz CT molecular complexity index is 991. The van der Waals surface area contributed by atoms with Gasteiger partial charge in [0.25, 0.3) is 5.56 Å². The van der Waals surface area contributed by atoms with Gasteiger partial charge in [0.2, 0.25) is 0 Å². The van der Waals surface area contributed by atoms with E-state index in [1.807, 2.05) is 0 Å². The zero-order valence-electron chi connectivity index (χ0n) is 12.8. The van der Waals surface area contributed by atoms with Gasteiger partial charge in [0.15, 0.2) is 0 Å². The number of hydrogen-bond donors (Lipinski definition) is 0. The van der Waals surface area contributed by atoms with Crippen molar-refractivity contribution in [3.63, 3.8) is 0 Å². The van der Waals surface area contributed by atoms with Crippen LogP contribution in [-0.4, -0.2) is 15.7 Å². The molecule has 0 saturated carbocycles. The fourth-order valence-electron chi connectivity index (χ4n) is 2.19. The number of halogens is 1. The van der Waals surface area contributed by atoms with Gasteiger partial charge in [0, 0.05) is 11.1 Å². The summed E-state index contributed by atoms with van der Waals surface area (Å²) >= 11 is 5.80. The Morgan fingerprint density at radius 1 is 1.17 bits per heavy atom. The van der Waals surface area contributed by atoms with Crippen LogP contribution in [0.4, 0.5) is 0 Å². The summed E-state index contributed by atoms with van der Waals surface area (Å²) in [5, 5.41) is 0.997. The number of carbonyl (C=O) groups is 1. The number of carbonyl (C=O) groups excluding carboxylic acids is 1. The highest BCUT2D eigenvalue weighted by atomic mass is 35.5. The molecule has 0 radical (unpaired) electrons. The van der Waals surface area contributed by atoms with Crippen molar-refractivity contribution < 1.29 is 9.63 Å². The molecule has 24 heavy (non-hydrogen) atoms. The second-order valence-corrected chi connectivity index (χ2v) is 5.51. The summed E-state index contributed by atoms with van der Waals surface area (Å²) in [5.41, 5.74) is 0.924. The summed E-state index contributed by atoms with van der Waals surface area (Å²) in [5.74, 6) is -0.376. The SMILES string of the molecule is Cc1nc2ccccc2c(=O)n1OC(=O)C=Cc1ccc(Cl)cc1. The van der Waals surface area contributed by atoms with Crippen LogP contribution in [0, 0.1) is 6.92 Å². The second kappa shape index (κ2) is 6.68. The summed E-state index contributed by atoms with van der Waals surface area (Å²) in [7, 11) is 0. The maximum atomic E-state index is 12.4. The van der Waals surface area contributed by atoms with E-state index >= 15 is 0 Å². The van der Waals surface area contributed by atoms with Crippen molar-refractivity contribution in [3.8, 4) is 0 Å². The van der Waals surface area contributed by atoms with E-state index in [0.717, 1.165) is 10.3 Å². The minimum absolute atomic E-state index is 0.298. The molecule has 3 aromatic rings. The van der Waals surface area contributed by atoms with E-state index in [0.29, 0.717) is 21.7 Å². The van der Waals surface area contributed by atoms with Crippen molar-refractivity contribution in [2.24, 2.45) is 0 Å². The van der Waals surface area contributed by atoms with Gasteiger partial charge in [-0.05, 0) is 42.8 Å². The fraction of sp³-hybridized carbons (Fsp3) is 0.0556. The second-order valence-electron chi connectivity index (χ2n) is 5.07. The largest absolute Gasteiger partial charge is 0.356 e. The number of nitrogens with zero attached hydrogens (tertiary/aromatic N) is 2. The Morgan fingerprint density at radius 3 is 2.62 bits per heavy atom. The molecular weight excluding hydrogens is 328 g/mol. The van der Waals surface area contributed by atoms with Gasteiger partial charge in [-0.2, -0.15) is 0 Å². The van der Waals surface area contributed by atoms with Crippen molar-refractivity contribution in [1.82, 2.24) is 9.71 Å². The summed E-state index contributed by atoms with van der Waals surface area (Å²) in [6, 6.07) is 13.9. The number of rotatable bonds is 3. The molecule has 0 bridgehead atoms. The molecule has 0 aliphatic rings. The normalized spacial score (nSPS) is 11.1. The van der Waals surface area contributed by atoms with E-state index in [-0.39, 0.29) is 0 Å². The number of para-hydroxylation sites is 1. The van der Waals surface area contributed by atoms with Gasteiger partial charge < -0.3 is 4.84 Å². The van der Waals surface area contributed by atoms with E-state index in [1.54, 1.807) is 61.5 Å². The average molecular weight is 341 g/mol. The third-order valence-electron chi connectivity index (χ3n) is 3.36. The smallest absolute Gasteiger partial charge is 0.327 e. The molecule has 2 aromatic carbocycles. The maximum absolute atomic E-state index is 12.4. The van der Waals surface area contributed by atoms with Crippen LogP contribution < -0.4 is 10.4 Å². The third kappa shape index (κ3) is 3.36. The third-order valence-corrected chi connectivity index (χ3v) is 3.61. The number of aryl methyl sites for hydroxylation is 1.